The Morgan fingerprint density at radius 2 is 2.28 bits per heavy atom. The van der Waals surface area contributed by atoms with Crippen LogP contribution in [-0.2, 0) is 11.4 Å². The summed E-state index contributed by atoms with van der Waals surface area (Å²) in [4.78, 5) is 11.9. The summed E-state index contributed by atoms with van der Waals surface area (Å²) in [6, 6.07) is 7.35. The molecule has 4 nitrogen and oxygen atoms in total. The molecule has 2 rings (SSSR count). The number of benzene rings is 1. The van der Waals surface area contributed by atoms with Gasteiger partial charge in [-0.1, -0.05) is 18.2 Å². The van der Waals surface area contributed by atoms with Crippen LogP contribution in [-0.4, -0.2) is 24.1 Å². The number of nitrogens with one attached hydrogen (secondary N) is 2. The van der Waals surface area contributed by atoms with Gasteiger partial charge in [-0.25, -0.2) is 0 Å². The highest BCUT2D eigenvalue weighted by Crippen LogP contribution is 2.18. The molecule has 1 aliphatic rings. The lowest BCUT2D eigenvalue weighted by molar-refractivity contribution is -0.117. The summed E-state index contributed by atoms with van der Waals surface area (Å²) in [6.45, 7) is 1.93. The van der Waals surface area contributed by atoms with E-state index in [1.165, 1.54) is 0 Å². The Kier molecular flexibility index (Phi) is 4.73. The maximum atomic E-state index is 11.9. The molecule has 3 N–H and O–H groups in total. The maximum absolute atomic E-state index is 11.9. The van der Waals surface area contributed by atoms with E-state index in [1.54, 1.807) is 0 Å². The van der Waals surface area contributed by atoms with Gasteiger partial charge in [-0.3, -0.25) is 4.79 Å². The van der Waals surface area contributed by atoms with Gasteiger partial charge >= 0.3 is 0 Å². The van der Waals surface area contributed by atoms with Crippen molar-refractivity contribution in [1.82, 2.24) is 5.32 Å². The zero-order valence-corrected chi connectivity index (χ0v) is 10.5. The largest absolute Gasteiger partial charge is 0.392 e. The average molecular weight is 248 g/mol. The van der Waals surface area contributed by atoms with Crippen LogP contribution in [0.4, 0.5) is 5.69 Å². The molecule has 1 saturated heterocycles. The first-order valence-corrected chi connectivity index (χ1v) is 6.49. The highest BCUT2D eigenvalue weighted by molar-refractivity contribution is 5.91. The van der Waals surface area contributed by atoms with E-state index >= 15 is 0 Å². The molecule has 98 valence electrons. The number of para-hydroxylation sites is 1. The van der Waals surface area contributed by atoms with Gasteiger partial charge in [0.05, 0.1) is 6.61 Å². The quantitative estimate of drug-likeness (QED) is 0.757. The molecule has 0 spiro atoms. The zero-order valence-electron chi connectivity index (χ0n) is 10.5. The molecule has 1 fully saturated rings. The van der Waals surface area contributed by atoms with E-state index in [2.05, 4.69) is 10.6 Å². The number of rotatable bonds is 4. The minimum absolute atomic E-state index is 0.0320. The van der Waals surface area contributed by atoms with Gasteiger partial charge in [0.2, 0.25) is 5.91 Å². The molecule has 0 radical (unpaired) electrons. The first kappa shape index (κ1) is 13.1. The van der Waals surface area contributed by atoms with Crippen LogP contribution >= 0.6 is 0 Å². The summed E-state index contributed by atoms with van der Waals surface area (Å²) >= 11 is 0. The van der Waals surface area contributed by atoms with Crippen LogP contribution in [0, 0.1) is 5.92 Å². The normalized spacial score (nSPS) is 19.5. The van der Waals surface area contributed by atoms with Crippen molar-refractivity contribution < 1.29 is 9.90 Å². The fourth-order valence-corrected chi connectivity index (χ4v) is 2.34. The number of amides is 1. The van der Waals surface area contributed by atoms with Gasteiger partial charge < -0.3 is 15.7 Å². The zero-order chi connectivity index (χ0) is 12.8. The third-order valence-corrected chi connectivity index (χ3v) is 3.33. The van der Waals surface area contributed by atoms with Crippen LogP contribution in [0.25, 0.3) is 0 Å². The predicted molar refractivity (Wildman–Crippen MR) is 71.2 cm³/mol. The van der Waals surface area contributed by atoms with Crippen molar-refractivity contribution in [2.75, 3.05) is 18.4 Å². The van der Waals surface area contributed by atoms with Crippen molar-refractivity contribution in [3.8, 4) is 0 Å². The highest BCUT2D eigenvalue weighted by Gasteiger charge is 2.17. The van der Waals surface area contributed by atoms with E-state index in [1.807, 2.05) is 24.3 Å². The number of carbonyl (C=O) groups is 1. The molecule has 0 aromatic heterocycles. The number of aliphatic hydroxyl groups is 1. The van der Waals surface area contributed by atoms with Crippen molar-refractivity contribution in [3.05, 3.63) is 29.8 Å². The Bertz CT molecular complexity index is 401. The molecule has 1 heterocycles. The maximum Gasteiger partial charge on any atom is 0.224 e. The van der Waals surface area contributed by atoms with Crippen molar-refractivity contribution >= 4 is 11.6 Å². The van der Waals surface area contributed by atoms with E-state index in [0.29, 0.717) is 18.0 Å². The summed E-state index contributed by atoms with van der Waals surface area (Å²) in [5, 5.41) is 15.4. The molecule has 1 aromatic rings. The Morgan fingerprint density at radius 1 is 1.44 bits per heavy atom. The highest BCUT2D eigenvalue weighted by atomic mass is 16.3. The first-order chi connectivity index (χ1) is 8.79. The molecule has 0 aliphatic carbocycles. The number of hydrogen-bond acceptors (Lipinski definition) is 3. The van der Waals surface area contributed by atoms with E-state index in [4.69, 9.17) is 0 Å². The molecular formula is C14H20N2O2. The van der Waals surface area contributed by atoms with Crippen LogP contribution < -0.4 is 10.6 Å². The predicted octanol–water partition coefficient (Wildman–Crippen LogP) is 1.51. The molecule has 1 aliphatic heterocycles. The number of hydrogen-bond donors (Lipinski definition) is 3. The first-order valence-electron chi connectivity index (χ1n) is 6.49. The summed E-state index contributed by atoms with van der Waals surface area (Å²) in [7, 11) is 0. The smallest absolute Gasteiger partial charge is 0.224 e. The standard InChI is InChI=1S/C14H20N2O2/c17-10-12-5-1-2-6-13(12)16-14(18)8-11-4-3-7-15-9-11/h1-2,5-6,11,15,17H,3-4,7-10H2,(H,16,18). The van der Waals surface area contributed by atoms with Gasteiger partial charge in [0.15, 0.2) is 0 Å². The minimum Gasteiger partial charge on any atom is -0.392 e. The second-order valence-electron chi connectivity index (χ2n) is 4.78. The second-order valence-corrected chi connectivity index (χ2v) is 4.78. The summed E-state index contributed by atoms with van der Waals surface area (Å²) in [5.41, 5.74) is 1.47. The molecule has 0 saturated carbocycles. The van der Waals surface area contributed by atoms with E-state index < -0.39 is 0 Å². The molecular weight excluding hydrogens is 228 g/mol. The minimum atomic E-state index is -0.0541. The number of carbonyl (C=O) groups excluding carboxylic acids is 1. The Morgan fingerprint density at radius 3 is 3.00 bits per heavy atom. The third-order valence-electron chi connectivity index (χ3n) is 3.33. The average Bonchev–Trinajstić information content (AvgIpc) is 2.40. The van der Waals surface area contributed by atoms with Gasteiger partial charge in [-0.2, -0.15) is 0 Å². The summed E-state index contributed by atoms with van der Waals surface area (Å²) in [6.07, 6.45) is 2.81. The van der Waals surface area contributed by atoms with Crippen LogP contribution in [0.5, 0.6) is 0 Å². The van der Waals surface area contributed by atoms with Crippen LogP contribution in [0.3, 0.4) is 0 Å². The summed E-state index contributed by atoms with van der Waals surface area (Å²) in [5.74, 6) is 0.463. The van der Waals surface area contributed by atoms with Gasteiger partial charge in [0, 0.05) is 17.7 Å². The Labute approximate surface area is 107 Å². The lowest BCUT2D eigenvalue weighted by Gasteiger charge is -2.22. The van der Waals surface area contributed by atoms with Crippen molar-refractivity contribution in [3.63, 3.8) is 0 Å². The second kappa shape index (κ2) is 6.52. The molecule has 18 heavy (non-hydrogen) atoms. The van der Waals surface area contributed by atoms with Crippen molar-refractivity contribution in [1.29, 1.82) is 0 Å². The number of piperidine rings is 1. The van der Waals surface area contributed by atoms with Gasteiger partial charge in [-0.05, 0) is 37.9 Å². The monoisotopic (exact) mass is 248 g/mol. The van der Waals surface area contributed by atoms with Gasteiger partial charge in [0.1, 0.15) is 0 Å². The SMILES string of the molecule is O=C(CC1CCCNC1)Nc1ccccc1CO. The fourth-order valence-electron chi connectivity index (χ4n) is 2.34. The molecule has 0 bridgehead atoms. The van der Waals surface area contributed by atoms with Crippen LogP contribution in [0.1, 0.15) is 24.8 Å². The third kappa shape index (κ3) is 3.55. The lowest BCUT2D eigenvalue weighted by Crippen LogP contribution is -2.32. The van der Waals surface area contributed by atoms with E-state index in [9.17, 15) is 9.90 Å². The molecule has 1 unspecified atom stereocenters. The van der Waals surface area contributed by atoms with Gasteiger partial charge in [0.25, 0.3) is 0 Å². The van der Waals surface area contributed by atoms with E-state index in [-0.39, 0.29) is 12.5 Å². The Hall–Kier alpha value is -1.39. The van der Waals surface area contributed by atoms with Crippen molar-refractivity contribution in [2.24, 2.45) is 5.92 Å². The van der Waals surface area contributed by atoms with Crippen LogP contribution in [0.15, 0.2) is 24.3 Å². The lowest BCUT2D eigenvalue weighted by atomic mass is 9.96. The van der Waals surface area contributed by atoms with E-state index in [0.717, 1.165) is 31.5 Å². The van der Waals surface area contributed by atoms with Gasteiger partial charge in [-0.15, -0.1) is 0 Å². The number of aliphatic hydroxyl groups excluding tert-OH is 1. The summed E-state index contributed by atoms with van der Waals surface area (Å²) < 4.78 is 0. The van der Waals surface area contributed by atoms with Crippen LogP contribution in [0.2, 0.25) is 0 Å². The molecule has 1 aromatic carbocycles. The molecule has 1 atom stereocenters. The molecule has 1 amide bonds. The number of anilines is 1. The van der Waals surface area contributed by atoms with Crippen molar-refractivity contribution in [2.45, 2.75) is 25.9 Å². The molecule has 4 heteroatoms. The topological polar surface area (TPSA) is 61.4 Å². The fraction of sp³-hybridized carbons (Fsp3) is 0.500. The Balaban J connectivity index is 1.90.